The Balaban J connectivity index is 0.821. The summed E-state index contributed by atoms with van der Waals surface area (Å²) in [7, 11) is 0. The van der Waals surface area contributed by atoms with Gasteiger partial charge in [0.05, 0.1) is 0 Å². The largest absolute Gasteiger partial charge is 0.737 e. The first-order valence-corrected chi connectivity index (χ1v) is 20.7. The van der Waals surface area contributed by atoms with Crippen molar-refractivity contribution in [2.45, 2.75) is 63.5 Å². The lowest BCUT2D eigenvalue weighted by atomic mass is 9.89. The Morgan fingerprint density at radius 1 is 0.583 bits per heavy atom. The number of amides is 2. The molecule has 2 aromatic heterocycles. The van der Waals surface area contributed by atoms with Gasteiger partial charge >= 0.3 is 13.9 Å². The SMILES string of the molecule is O=C(CCc1ccc2n1[B-](F)(F)[N+]1=C(/C=C/c3ccccc3)C=CC1=C2)N[C@H]1CCCC[C@H]1NC(=O)CCc1ccc2n1[B-](F)(F)[N+]1=C(/C=C/c3ccccc3)C=CC1=C2. The van der Waals surface area contributed by atoms with Gasteiger partial charge in [-0.05, 0) is 84.6 Å². The third-order valence-electron chi connectivity index (χ3n) is 12.0. The van der Waals surface area contributed by atoms with Crippen LogP contribution in [0.25, 0.3) is 24.3 Å². The highest BCUT2D eigenvalue weighted by atomic mass is 19.3. The summed E-state index contributed by atoms with van der Waals surface area (Å²) < 4.78 is 69.6. The maximum Gasteiger partial charge on any atom is 0.737 e. The van der Waals surface area contributed by atoms with E-state index in [2.05, 4.69) is 10.6 Å². The summed E-state index contributed by atoms with van der Waals surface area (Å²) >= 11 is 0. The summed E-state index contributed by atoms with van der Waals surface area (Å²) in [4.78, 5) is 26.7. The Bertz CT molecular complexity index is 2440. The number of benzene rings is 2. The van der Waals surface area contributed by atoms with E-state index in [4.69, 9.17) is 0 Å². The molecule has 8 nitrogen and oxygen atoms in total. The number of fused-ring (bicyclic) bond motifs is 4. The first kappa shape index (κ1) is 39.1. The van der Waals surface area contributed by atoms with Gasteiger partial charge in [-0.2, -0.15) is 0 Å². The van der Waals surface area contributed by atoms with Gasteiger partial charge in [-0.3, -0.25) is 9.59 Å². The second-order valence-corrected chi connectivity index (χ2v) is 15.9. The highest BCUT2D eigenvalue weighted by Gasteiger charge is 2.53. The lowest BCUT2D eigenvalue weighted by molar-refractivity contribution is -0.360. The monoisotopic (exact) mass is 810 g/mol. The number of rotatable bonds is 12. The van der Waals surface area contributed by atoms with E-state index in [1.807, 2.05) is 60.7 Å². The van der Waals surface area contributed by atoms with Crippen molar-refractivity contribution in [1.82, 2.24) is 19.6 Å². The quantitative estimate of drug-likeness (QED) is 0.112. The Hall–Kier alpha value is -6.43. The van der Waals surface area contributed by atoms with Crippen molar-refractivity contribution in [3.63, 3.8) is 0 Å². The van der Waals surface area contributed by atoms with Gasteiger partial charge in [0, 0.05) is 84.9 Å². The summed E-state index contributed by atoms with van der Waals surface area (Å²) in [6.45, 7) is -8.47. The Labute approximate surface area is 346 Å². The molecule has 60 heavy (non-hydrogen) atoms. The third kappa shape index (κ3) is 7.50. The van der Waals surface area contributed by atoms with Crippen molar-refractivity contribution < 1.29 is 35.8 Å². The Morgan fingerprint density at radius 2 is 1.00 bits per heavy atom. The Kier molecular flexibility index (Phi) is 10.4. The predicted molar refractivity (Wildman–Crippen MR) is 230 cm³/mol. The number of nitrogens with one attached hydrogen (secondary N) is 2. The molecule has 14 heteroatoms. The molecule has 304 valence electrons. The minimum atomic E-state index is -4.24. The number of halogens is 4. The minimum Gasteiger partial charge on any atom is -0.394 e. The maximum atomic E-state index is 16.3. The van der Waals surface area contributed by atoms with Gasteiger partial charge in [0.25, 0.3) is 0 Å². The van der Waals surface area contributed by atoms with E-state index in [1.54, 1.807) is 85.0 Å². The molecule has 2 aromatic carbocycles. The van der Waals surface area contributed by atoms with E-state index in [0.717, 1.165) is 41.9 Å². The molecule has 0 radical (unpaired) electrons. The van der Waals surface area contributed by atoms with Crippen LogP contribution >= 0.6 is 0 Å². The van der Waals surface area contributed by atoms with Crippen LogP contribution < -0.4 is 10.6 Å². The van der Waals surface area contributed by atoms with E-state index < -0.39 is 13.9 Å². The molecule has 1 saturated carbocycles. The van der Waals surface area contributed by atoms with Crippen LogP contribution in [-0.4, -0.2) is 67.2 Å². The van der Waals surface area contributed by atoms with Crippen LogP contribution in [-0.2, 0) is 22.4 Å². The van der Waals surface area contributed by atoms with Crippen LogP contribution in [0.1, 0.15) is 72.4 Å². The van der Waals surface area contributed by atoms with Gasteiger partial charge in [-0.15, -0.1) is 0 Å². The molecule has 6 heterocycles. The molecular weight excluding hydrogens is 766 g/mol. The number of hydrogen-bond acceptors (Lipinski definition) is 2. The van der Waals surface area contributed by atoms with Crippen molar-refractivity contribution in [2.75, 3.05) is 0 Å². The zero-order chi connectivity index (χ0) is 41.4. The molecule has 4 aliphatic heterocycles. The van der Waals surface area contributed by atoms with Crippen LogP contribution in [0.3, 0.4) is 0 Å². The molecule has 1 aliphatic carbocycles. The van der Waals surface area contributed by atoms with Crippen LogP contribution in [0, 0.1) is 0 Å². The fourth-order valence-corrected chi connectivity index (χ4v) is 9.14. The molecule has 0 spiro atoms. The molecular formula is C46H44B2F4N6O2. The summed E-state index contributed by atoms with van der Waals surface area (Å²) in [5.74, 6) is -0.577. The van der Waals surface area contributed by atoms with E-state index in [9.17, 15) is 9.59 Å². The molecule has 1 fully saturated rings. The first-order chi connectivity index (χ1) is 29.1. The molecule has 5 aliphatic rings. The topological polar surface area (TPSA) is 74.1 Å². The molecule has 9 rings (SSSR count). The number of hydrogen-bond donors (Lipinski definition) is 2. The fourth-order valence-electron chi connectivity index (χ4n) is 9.14. The van der Waals surface area contributed by atoms with Crippen molar-refractivity contribution in [1.29, 1.82) is 0 Å². The lowest BCUT2D eigenvalue weighted by Gasteiger charge is -2.33. The van der Waals surface area contributed by atoms with Gasteiger partial charge in [-0.25, -0.2) is 0 Å². The summed E-state index contributed by atoms with van der Waals surface area (Å²) in [6, 6.07) is 24.9. The molecule has 2 N–H and O–H groups in total. The summed E-state index contributed by atoms with van der Waals surface area (Å²) in [5.41, 5.74) is 4.87. The van der Waals surface area contributed by atoms with E-state index in [1.165, 1.54) is 0 Å². The molecule has 2 atom stereocenters. The highest BCUT2D eigenvalue weighted by Crippen LogP contribution is 2.35. The predicted octanol–water partition coefficient (Wildman–Crippen LogP) is 8.03. The minimum absolute atomic E-state index is 0.00868. The second-order valence-electron chi connectivity index (χ2n) is 15.9. The Morgan fingerprint density at radius 3 is 1.42 bits per heavy atom. The number of aromatic nitrogens is 2. The van der Waals surface area contributed by atoms with Crippen molar-refractivity contribution in [3.05, 3.63) is 167 Å². The van der Waals surface area contributed by atoms with Gasteiger partial charge in [0.1, 0.15) is 0 Å². The molecule has 4 aromatic rings. The zero-order valence-electron chi connectivity index (χ0n) is 32.9. The van der Waals surface area contributed by atoms with Gasteiger partial charge in [0.15, 0.2) is 22.8 Å². The second kappa shape index (κ2) is 16.0. The van der Waals surface area contributed by atoms with Crippen LogP contribution in [0.4, 0.5) is 17.3 Å². The molecule has 0 saturated heterocycles. The molecule has 2 amide bonds. The number of carbonyl (C=O) groups is 2. The van der Waals surface area contributed by atoms with Crippen molar-refractivity contribution in [3.8, 4) is 0 Å². The van der Waals surface area contributed by atoms with Crippen LogP contribution in [0.2, 0.25) is 0 Å². The molecule has 0 unspecified atom stereocenters. The summed E-state index contributed by atoms with van der Waals surface area (Å²) in [6.07, 6.45) is 20.4. The standard InChI is InChI=1S/C46H44B2F4N6O2/c49-47(50)55-35(17-15-33-9-3-1-4-10-33)19-23-39(55)31-41-25-21-37(57(41)47)27-29-45(59)53-43-13-7-8-14-44(43)54-46(60)30-28-38-22-26-42-32-40-24-20-36(56(40)48(51,52)58(38)42)18-16-34-11-5-2-6-12-34/h1-6,9-12,15-26,31-32,43-44H,7-8,13-14,27-30H2,(H,53,59)(H,54,60)/b17-15+,18-16+/t43-,44+. The average Bonchev–Trinajstić information content (AvgIpc) is 4.05. The number of aryl methyl sites for hydroxylation is 2. The maximum absolute atomic E-state index is 16.3. The van der Waals surface area contributed by atoms with E-state index >= 15 is 17.3 Å². The normalized spacial score (nSPS) is 20.9. The third-order valence-corrected chi connectivity index (χ3v) is 12.0. The van der Waals surface area contributed by atoms with Crippen molar-refractivity contribution >= 4 is 61.5 Å². The number of nitrogens with zero attached hydrogens (tertiary/aromatic N) is 4. The summed E-state index contributed by atoms with van der Waals surface area (Å²) in [5, 5.41) is 6.13. The van der Waals surface area contributed by atoms with Gasteiger partial charge in [-0.1, -0.05) is 73.5 Å². The fraction of sp³-hybridized carbons (Fsp3) is 0.217. The first-order valence-electron chi connectivity index (χ1n) is 20.7. The van der Waals surface area contributed by atoms with Gasteiger partial charge < -0.3 is 45.8 Å². The lowest BCUT2D eigenvalue weighted by Crippen LogP contribution is -2.53. The number of carbonyl (C=O) groups excluding carboxylic acids is 2. The van der Waals surface area contributed by atoms with Crippen molar-refractivity contribution in [2.24, 2.45) is 0 Å². The smallest absolute Gasteiger partial charge is 0.394 e. The average molecular weight is 811 g/mol. The zero-order valence-corrected chi connectivity index (χ0v) is 32.9. The van der Waals surface area contributed by atoms with E-state index in [-0.39, 0.29) is 49.6 Å². The van der Waals surface area contributed by atoms with Gasteiger partial charge in [0.2, 0.25) is 11.8 Å². The highest BCUT2D eigenvalue weighted by molar-refractivity contribution is 6.58. The van der Waals surface area contributed by atoms with E-state index in [0.29, 0.717) is 58.4 Å². The molecule has 0 bridgehead atoms. The number of allylic oxidation sites excluding steroid dienone is 6. The van der Waals surface area contributed by atoms with Crippen LogP contribution in [0.15, 0.2) is 133 Å². The van der Waals surface area contributed by atoms with Crippen LogP contribution in [0.5, 0.6) is 0 Å².